The summed E-state index contributed by atoms with van der Waals surface area (Å²) < 4.78 is 33.2. The van der Waals surface area contributed by atoms with Crippen LogP contribution in [0.1, 0.15) is 13.8 Å². The van der Waals surface area contributed by atoms with Crippen molar-refractivity contribution in [1.29, 1.82) is 0 Å². The molecule has 0 fully saturated rings. The Kier molecular flexibility index (Phi) is 6.17. The molecule has 1 atom stereocenters. The maximum absolute atomic E-state index is 11.6. The summed E-state index contributed by atoms with van der Waals surface area (Å²) in [5.41, 5.74) is 0. The van der Waals surface area contributed by atoms with Gasteiger partial charge in [0.15, 0.2) is 9.84 Å². The zero-order chi connectivity index (χ0) is 16.0. The molecule has 0 heterocycles. The molecule has 1 aromatic carbocycles. The van der Waals surface area contributed by atoms with Crippen LogP contribution in [-0.4, -0.2) is 46.4 Å². The van der Waals surface area contributed by atoms with Gasteiger partial charge in [-0.3, -0.25) is 10.1 Å². The quantitative estimate of drug-likeness (QED) is 0.756. The van der Waals surface area contributed by atoms with Gasteiger partial charge >= 0.3 is 5.97 Å². The molecule has 6 nitrogen and oxygen atoms in total. The third-order valence-electron chi connectivity index (χ3n) is 2.67. The Morgan fingerprint density at radius 3 is 2.52 bits per heavy atom. The third kappa shape index (κ3) is 5.73. The molecule has 1 aromatic rings. The highest BCUT2D eigenvalue weighted by molar-refractivity contribution is 7.90. The van der Waals surface area contributed by atoms with Crippen molar-refractivity contribution in [2.45, 2.75) is 30.8 Å². The minimum atomic E-state index is -3.29. The Morgan fingerprint density at radius 2 is 2.00 bits per heavy atom. The molecule has 0 spiro atoms. The van der Waals surface area contributed by atoms with E-state index in [2.05, 4.69) is 5.32 Å². The number of hydrogen-bond donors (Lipinski definition) is 1. The Labute approximate surface area is 125 Å². The number of methoxy groups -OCH3 is 1. The number of ether oxygens (including phenoxy) is 2. The Morgan fingerprint density at radius 1 is 1.33 bits per heavy atom. The molecule has 0 aromatic heterocycles. The lowest BCUT2D eigenvalue weighted by Crippen LogP contribution is -2.45. The normalized spacial score (nSPS) is 13.0. The summed E-state index contributed by atoms with van der Waals surface area (Å²) in [7, 11) is -1.98. The molecule has 0 saturated heterocycles. The van der Waals surface area contributed by atoms with Gasteiger partial charge in [0.2, 0.25) is 0 Å². The molecule has 0 bridgehead atoms. The Balaban J connectivity index is 2.78. The van der Waals surface area contributed by atoms with E-state index in [1.54, 1.807) is 12.1 Å². The minimum absolute atomic E-state index is 0.0536. The van der Waals surface area contributed by atoms with Crippen molar-refractivity contribution in [1.82, 2.24) is 5.32 Å². The molecule has 7 heteroatoms. The molecule has 0 aliphatic carbocycles. The summed E-state index contributed by atoms with van der Waals surface area (Å²) in [4.78, 5) is 11.8. The van der Waals surface area contributed by atoms with Crippen molar-refractivity contribution in [2.24, 2.45) is 0 Å². The van der Waals surface area contributed by atoms with E-state index in [-0.39, 0.29) is 17.5 Å². The van der Waals surface area contributed by atoms with Crippen molar-refractivity contribution >= 4 is 15.8 Å². The molecule has 118 valence electrons. The first-order valence-electron chi connectivity index (χ1n) is 6.51. The number of esters is 1. The van der Waals surface area contributed by atoms with Crippen LogP contribution in [-0.2, 0) is 19.4 Å². The number of carbonyl (C=O) groups is 1. The molecule has 0 amide bonds. The van der Waals surface area contributed by atoms with Gasteiger partial charge in [-0.1, -0.05) is 19.9 Å². The van der Waals surface area contributed by atoms with E-state index in [4.69, 9.17) is 9.47 Å². The van der Waals surface area contributed by atoms with Gasteiger partial charge in [-0.25, -0.2) is 8.42 Å². The molecule has 1 rings (SSSR count). The standard InChI is InChI=1S/C14H21NO5S/c1-10(2)15-13(14(16)19-3)9-20-11-6-5-7-12(8-11)21(4,17)18/h5-8,10,13,15H,9H2,1-4H3. The van der Waals surface area contributed by atoms with E-state index in [1.807, 2.05) is 13.8 Å². The van der Waals surface area contributed by atoms with Gasteiger partial charge in [0.05, 0.1) is 12.0 Å². The molecular weight excluding hydrogens is 294 g/mol. The van der Waals surface area contributed by atoms with Crippen LogP contribution in [0.2, 0.25) is 0 Å². The molecule has 1 unspecified atom stereocenters. The summed E-state index contributed by atoms with van der Waals surface area (Å²) >= 11 is 0. The fourth-order valence-electron chi connectivity index (χ4n) is 1.70. The first kappa shape index (κ1) is 17.5. The van der Waals surface area contributed by atoms with Crippen LogP contribution in [0.3, 0.4) is 0 Å². The highest BCUT2D eigenvalue weighted by Crippen LogP contribution is 2.17. The highest BCUT2D eigenvalue weighted by Gasteiger charge is 2.20. The Hall–Kier alpha value is -1.60. The topological polar surface area (TPSA) is 81.7 Å². The maximum Gasteiger partial charge on any atom is 0.326 e. The fraction of sp³-hybridized carbons (Fsp3) is 0.500. The number of nitrogens with one attached hydrogen (secondary N) is 1. The predicted octanol–water partition coefficient (Wildman–Crippen LogP) is 1.01. The van der Waals surface area contributed by atoms with Gasteiger partial charge in [-0.2, -0.15) is 0 Å². The van der Waals surface area contributed by atoms with Crippen LogP contribution in [0.25, 0.3) is 0 Å². The Bertz CT molecular complexity index is 583. The van der Waals surface area contributed by atoms with Crippen molar-refractivity contribution in [2.75, 3.05) is 20.0 Å². The molecule has 1 N–H and O–H groups in total. The molecule has 0 saturated carbocycles. The average Bonchev–Trinajstić information content (AvgIpc) is 2.41. The maximum atomic E-state index is 11.6. The first-order valence-corrected chi connectivity index (χ1v) is 8.40. The minimum Gasteiger partial charge on any atom is -0.491 e. The van der Waals surface area contributed by atoms with Gasteiger partial charge in [0.25, 0.3) is 0 Å². The summed E-state index contributed by atoms with van der Waals surface area (Å²) in [5.74, 6) is -0.0413. The number of hydrogen-bond acceptors (Lipinski definition) is 6. The van der Waals surface area contributed by atoms with Crippen LogP contribution >= 0.6 is 0 Å². The van der Waals surface area contributed by atoms with E-state index in [0.29, 0.717) is 5.75 Å². The van der Waals surface area contributed by atoms with Crippen molar-refractivity contribution in [3.05, 3.63) is 24.3 Å². The van der Waals surface area contributed by atoms with Crippen LogP contribution in [0, 0.1) is 0 Å². The summed E-state index contributed by atoms with van der Waals surface area (Å²) in [6.45, 7) is 3.86. The number of carbonyl (C=O) groups excluding carboxylic acids is 1. The van der Waals surface area contributed by atoms with E-state index < -0.39 is 21.8 Å². The molecular formula is C14H21NO5S. The van der Waals surface area contributed by atoms with E-state index in [1.165, 1.54) is 19.2 Å². The average molecular weight is 315 g/mol. The van der Waals surface area contributed by atoms with Crippen molar-refractivity contribution in [3.8, 4) is 5.75 Å². The zero-order valence-electron chi connectivity index (χ0n) is 12.6. The largest absolute Gasteiger partial charge is 0.491 e. The van der Waals surface area contributed by atoms with Crippen LogP contribution < -0.4 is 10.1 Å². The van der Waals surface area contributed by atoms with E-state index in [9.17, 15) is 13.2 Å². The molecule has 0 aliphatic heterocycles. The molecule has 21 heavy (non-hydrogen) atoms. The van der Waals surface area contributed by atoms with Crippen LogP contribution in [0.5, 0.6) is 5.75 Å². The summed E-state index contributed by atoms with van der Waals surface area (Å²) in [6.07, 6.45) is 1.13. The monoisotopic (exact) mass is 315 g/mol. The second-order valence-electron chi connectivity index (χ2n) is 4.96. The number of benzene rings is 1. The first-order chi connectivity index (χ1) is 9.74. The smallest absolute Gasteiger partial charge is 0.326 e. The highest BCUT2D eigenvalue weighted by atomic mass is 32.2. The van der Waals surface area contributed by atoms with Crippen molar-refractivity contribution in [3.63, 3.8) is 0 Å². The van der Waals surface area contributed by atoms with Gasteiger partial charge < -0.3 is 9.47 Å². The summed E-state index contributed by atoms with van der Waals surface area (Å²) in [6, 6.07) is 5.62. The lowest BCUT2D eigenvalue weighted by atomic mass is 10.2. The van der Waals surface area contributed by atoms with Crippen LogP contribution in [0.4, 0.5) is 0 Å². The molecule has 0 aliphatic rings. The second kappa shape index (κ2) is 7.42. The number of sulfone groups is 1. The summed E-state index contributed by atoms with van der Waals surface area (Å²) in [5, 5.41) is 3.03. The third-order valence-corrected chi connectivity index (χ3v) is 3.78. The molecule has 0 radical (unpaired) electrons. The van der Waals surface area contributed by atoms with Gasteiger partial charge in [0.1, 0.15) is 18.4 Å². The van der Waals surface area contributed by atoms with Crippen molar-refractivity contribution < 1.29 is 22.7 Å². The van der Waals surface area contributed by atoms with Gasteiger partial charge in [-0.05, 0) is 18.2 Å². The van der Waals surface area contributed by atoms with E-state index >= 15 is 0 Å². The lowest BCUT2D eigenvalue weighted by Gasteiger charge is -2.19. The fourth-order valence-corrected chi connectivity index (χ4v) is 2.36. The lowest BCUT2D eigenvalue weighted by molar-refractivity contribution is -0.144. The SMILES string of the molecule is COC(=O)C(COc1cccc(S(C)(=O)=O)c1)NC(C)C. The van der Waals surface area contributed by atoms with E-state index in [0.717, 1.165) is 6.26 Å². The second-order valence-corrected chi connectivity index (χ2v) is 6.97. The van der Waals surface area contributed by atoms with Gasteiger partial charge in [0, 0.05) is 12.3 Å². The predicted molar refractivity (Wildman–Crippen MR) is 79.1 cm³/mol. The zero-order valence-corrected chi connectivity index (χ0v) is 13.4. The van der Waals surface area contributed by atoms with Gasteiger partial charge in [-0.15, -0.1) is 0 Å². The number of rotatable bonds is 7. The van der Waals surface area contributed by atoms with Crippen LogP contribution in [0.15, 0.2) is 29.2 Å².